The third-order valence-electron chi connectivity index (χ3n) is 2.88. The molecule has 2 aromatic heterocycles. The van der Waals surface area contributed by atoms with Gasteiger partial charge in [0.05, 0.1) is 23.4 Å². The molecule has 0 aliphatic rings. The summed E-state index contributed by atoms with van der Waals surface area (Å²) in [6.45, 7) is 3.04. The zero-order valence-electron chi connectivity index (χ0n) is 11.0. The minimum absolute atomic E-state index is 0.0983. The molecule has 1 atom stereocenters. The SMILES string of the molecule is CC(O)CNCC(c1ccccn1)c1ccccn1. The maximum Gasteiger partial charge on any atom is 0.0636 e. The Kier molecular flexibility index (Phi) is 5.01. The lowest BCUT2D eigenvalue weighted by Gasteiger charge is -2.17. The number of aliphatic hydroxyl groups is 1. The van der Waals surface area contributed by atoms with Gasteiger partial charge in [-0.25, -0.2) is 0 Å². The summed E-state index contributed by atoms with van der Waals surface area (Å²) >= 11 is 0. The molecule has 2 N–H and O–H groups in total. The molecule has 2 heterocycles. The number of aromatic nitrogens is 2. The highest BCUT2D eigenvalue weighted by Crippen LogP contribution is 2.19. The molecule has 0 aliphatic carbocycles. The molecule has 4 heteroatoms. The van der Waals surface area contributed by atoms with Crippen LogP contribution in [0.3, 0.4) is 0 Å². The van der Waals surface area contributed by atoms with Crippen molar-refractivity contribution in [2.45, 2.75) is 18.9 Å². The molecule has 0 saturated heterocycles. The monoisotopic (exact) mass is 257 g/mol. The van der Waals surface area contributed by atoms with Crippen LogP contribution in [0.2, 0.25) is 0 Å². The number of nitrogens with zero attached hydrogens (tertiary/aromatic N) is 2. The zero-order valence-corrected chi connectivity index (χ0v) is 11.0. The van der Waals surface area contributed by atoms with Crippen molar-refractivity contribution in [3.05, 3.63) is 60.2 Å². The molecule has 2 aromatic rings. The quantitative estimate of drug-likeness (QED) is 0.825. The zero-order chi connectivity index (χ0) is 13.5. The highest BCUT2D eigenvalue weighted by atomic mass is 16.3. The summed E-state index contributed by atoms with van der Waals surface area (Å²) in [5.74, 6) is 0.0983. The standard InChI is InChI=1S/C15H19N3O/c1-12(19)10-16-11-13(14-6-2-4-8-17-14)15-7-3-5-9-18-15/h2-9,12-13,16,19H,10-11H2,1H3. The van der Waals surface area contributed by atoms with Gasteiger partial charge in [-0.1, -0.05) is 12.1 Å². The molecular weight excluding hydrogens is 238 g/mol. The first-order valence-corrected chi connectivity index (χ1v) is 6.48. The van der Waals surface area contributed by atoms with Crippen LogP contribution in [0, 0.1) is 0 Å². The van der Waals surface area contributed by atoms with Gasteiger partial charge in [0.1, 0.15) is 0 Å². The Hall–Kier alpha value is -1.78. The summed E-state index contributed by atoms with van der Waals surface area (Å²) in [6, 6.07) is 11.8. The van der Waals surface area contributed by atoms with E-state index in [1.165, 1.54) is 0 Å². The average Bonchev–Trinajstić information content (AvgIpc) is 2.45. The van der Waals surface area contributed by atoms with E-state index in [9.17, 15) is 5.11 Å². The van der Waals surface area contributed by atoms with Crippen LogP contribution < -0.4 is 5.32 Å². The molecule has 0 bridgehead atoms. The van der Waals surface area contributed by atoms with Gasteiger partial charge < -0.3 is 10.4 Å². The molecule has 0 aromatic carbocycles. The van der Waals surface area contributed by atoms with Gasteiger partial charge in [0.25, 0.3) is 0 Å². The smallest absolute Gasteiger partial charge is 0.0636 e. The van der Waals surface area contributed by atoms with Crippen molar-refractivity contribution in [1.82, 2.24) is 15.3 Å². The van der Waals surface area contributed by atoms with Crippen LogP contribution in [0.25, 0.3) is 0 Å². The van der Waals surface area contributed by atoms with Crippen LogP contribution >= 0.6 is 0 Å². The third kappa shape index (κ3) is 4.12. The minimum atomic E-state index is -0.354. The van der Waals surface area contributed by atoms with Gasteiger partial charge in [0.2, 0.25) is 0 Å². The largest absolute Gasteiger partial charge is 0.392 e. The fourth-order valence-corrected chi connectivity index (χ4v) is 1.96. The number of rotatable bonds is 6. The van der Waals surface area contributed by atoms with Gasteiger partial charge >= 0.3 is 0 Å². The normalized spacial score (nSPS) is 12.6. The summed E-state index contributed by atoms with van der Waals surface area (Å²) in [4.78, 5) is 8.82. The molecule has 4 nitrogen and oxygen atoms in total. The van der Waals surface area contributed by atoms with Gasteiger partial charge in [-0.3, -0.25) is 9.97 Å². The van der Waals surface area contributed by atoms with Crippen molar-refractivity contribution in [2.24, 2.45) is 0 Å². The van der Waals surface area contributed by atoms with E-state index in [1.807, 2.05) is 36.4 Å². The maximum atomic E-state index is 9.31. The van der Waals surface area contributed by atoms with Crippen LogP contribution in [-0.4, -0.2) is 34.3 Å². The Morgan fingerprint density at radius 1 is 1.00 bits per heavy atom. The Labute approximate surface area is 113 Å². The van der Waals surface area contributed by atoms with E-state index < -0.39 is 0 Å². The molecule has 0 fully saturated rings. The van der Waals surface area contributed by atoms with E-state index in [0.29, 0.717) is 13.1 Å². The minimum Gasteiger partial charge on any atom is -0.392 e. The first-order chi connectivity index (χ1) is 9.27. The lowest BCUT2D eigenvalue weighted by molar-refractivity contribution is 0.191. The molecule has 2 rings (SSSR count). The summed E-state index contributed by atoms with van der Waals surface area (Å²) in [7, 11) is 0. The van der Waals surface area contributed by atoms with Crippen LogP contribution in [-0.2, 0) is 0 Å². The second-order valence-electron chi connectivity index (χ2n) is 4.57. The number of pyridine rings is 2. The third-order valence-corrected chi connectivity index (χ3v) is 2.88. The van der Waals surface area contributed by atoms with Gasteiger partial charge in [-0.2, -0.15) is 0 Å². The van der Waals surface area contributed by atoms with Crippen molar-refractivity contribution < 1.29 is 5.11 Å². The van der Waals surface area contributed by atoms with E-state index in [4.69, 9.17) is 0 Å². The van der Waals surface area contributed by atoms with Crippen molar-refractivity contribution in [3.63, 3.8) is 0 Å². The molecule has 19 heavy (non-hydrogen) atoms. The van der Waals surface area contributed by atoms with Crippen LogP contribution in [0.15, 0.2) is 48.8 Å². The van der Waals surface area contributed by atoms with Gasteiger partial charge in [-0.05, 0) is 31.2 Å². The van der Waals surface area contributed by atoms with E-state index >= 15 is 0 Å². The first-order valence-electron chi connectivity index (χ1n) is 6.48. The number of hydrogen-bond donors (Lipinski definition) is 2. The van der Waals surface area contributed by atoms with E-state index in [-0.39, 0.29) is 12.0 Å². The fourth-order valence-electron chi connectivity index (χ4n) is 1.96. The van der Waals surface area contributed by atoms with Gasteiger partial charge in [0.15, 0.2) is 0 Å². The van der Waals surface area contributed by atoms with Crippen LogP contribution in [0.1, 0.15) is 24.2 Å². The number of aliphatic hydroxyl groups excluding tert-OH is 1. The highest BCUT2D eigenvalue weighted by molar-refractivity contribution is 5.23. The van der Waals surface area contributed by atoms with Gasteiger partial charge in [0, 0.05) is 25.5 Å². The molecule has 100 valence electrons. The number of hydrogen-bond acceptors (Lipinski definition) is 4. The molecule has 0 amide bonds. The van der Waals surface area contributed by atoms with Crippen molar-refractivity contribution >= 4 is 0 Å². The molecule has 0 radical (unpaired) electrons. The second kappa shape index (κ2) is 6.97. The Morgan fingerprint density at radius 2 is 1.58 bits per heavy atom. The van der Waals surface area contributed by atoms with Gasteiger partial charge in [-0.15, -0.1) is 0 Å². The van der Waals surface area contributed by atoms with E-state index in [0.717, 1.165) is 11.4 Å². The molecule has 1 unspecified atom stereocenters. The molecule has 0 spiro atoms. The lowest BCUT2D eigenvalue weighted by Crippen LogP contribution is -2.29. The van der Waals surface area contributed by atoms with Crippen molar-refractivity contribution in [3.8, 4) is 0 Å². The van der Waals surface area contributed by atoms with Crippen LogP contribution in [0.5, 0.6) is 0 Å². The fraction of sp³-hybridized carbons (Fsp3) is 0.333. The summed E-state index contributed by atoms with van der Waals surface area (Å²) in [5.41, 5.74) is 1.97. The Bertz CT molecular complexity index is 434. The second-order valence-corrected chi connectivity index (χ2v) is 4.57. The molecule has 0 saturated carbocycles. The lowest BCUT2D eigenvalue weighted by atomic mass is 10.00. The summed E-state index contributed by atoms with van der Waals surface area (Å²) in [6.07, 6.45) is 3.23. The van der Waals surface area contributed by atoms with Crippen LogP contribution in [0.4, 0.5) is 0 Å². The first kappa shape index (κ1) is 13.6. The van der Waals surface area contributed by atoms with E-state index in [1.54, 1.807) is 19.3 Å². The topological polar surface area (TPSA) is 58.0 Å². The predicted molar refractivity (Wildman–Crippen MR) is 74.9 cm³/mol. The van der Waals surface area contributed by atoms with Crippen molar-refractivity contribution in [2.75, 3.05) is 13.1 Å². The summed E-state index contributed by atoms with van der Waals surface area (Å²) in [5, 5.41) is 12.6. The Morgan fingerprint density at radius 3 is 2.00 bits per heavy atom. The molecular formula is C15H19N3O. The Balaban J connectivity index is 2.14. The number of nitrogens with one attached hydrogen (secondary N) is 1. The molecule has 0 aliphatic heterocycles. The predicted octanol–water partition coefficient (Wildman–Crippen LogP) is 1.58. The highest BCUT2D eigenvalue weighted by Gasteiger charge is 2.16. The average molecular weight is 257 g/mol. The maximum absolute atomic E-state index is 9.31. The van der Waals surface area contributed by atoms with E-state index in [2.05, 4.69) is 15.3 Å². The van der Waals surface area contributed by atoms with Crippen molar-refractivity contribution in [1.29, 1.82) is 0 Å². The summed E-state index contributed by atoms with van der Waals surface area (Å²) < 4.78 is 0.